The number of hydrogen-bond donors (Lipinski definition) is 5. The topological polar surface area (TPSA) is 283 Å². The van der Waals surface area contributed by atoms with E-state index in [0.717, 1.165) is 41.6 Å². The van der Waals surface area contributed by atoms with E-state index in [2.05, 4.69) is 47.8 Å². The zero-order valence-corrected chi connectivity index (χ0v) is 56.6. The van der Waals surface area contributed by atoms with E-state index in [9.17, 15) is 48.3 Å². The van der Waals surface area contributed by atoms with Gasteiger partial charge in [0, 0.05) is 88.3 Å². The highest BCUT2D eigenvalue weighted by Crippen LogP contribution is 2.49. The van der Waals surface area contributed by atoms with Crippen molar-refractivity contribution in [2.75, 3.05) is 43.3 Å². The maximum atomic E-state index is 15.1. The summed E-state index contributed by atoms with van der Waals surface area (Å²) in [6.45, 7) is 11.6. The molecule has 3 aliphatic rings. The van der Waals surface area contributed by atoms with Crippen molar-refractivity contribution in [2.45, 2.75) is 186 Å². The molecule has 0 saturated carbocycles. The molecule has 498 valence electrons. The molecule has 0 spiro atoms. The normalized spacial score (nSPS) is 24.1. The number of halogens is 6. The van der Waals surface area contributed by atoms with Crippen LogP contribution in [-0.2, 0) is 66.7 Å². The third-order valence-corrected chi connectivity index (χ3v) is 19.2. The van der Waals surface area contributed by atoms with Crippen LogP contribution in [-0.4, -0.2) is 149 Å². The average molecular weight is 1420 g/mol. The van der Waals surface area contributed by atoms with E-state index < -0.39 is 131 Å². The van der Waals surface area contributed by atoms with Gasteiger partial charge in [-0.3, -0.25) is 34.1 Å². The number of ether oxygens (including phenoxy) is 4. The molecule has 10 atom stereocenters. The lowest BCUT2D eigenvalue weighted by Gasteiger charge is -2.42. The van der Waals surface area contributed by atoms with Crippen molar-refractivity contribution in [3.8, 4) is 0 Å². The maximum absolute atomic E-state index is 15.1. The minimum Gasteiger partial charge on any atom is -0.457 e. The number of urea groups is 1. The van der Waals surface area contributed by atoms with Crippen molar-refractivity contribution < 1.29 is 80.4 Å². The number of nitrogens with two attached hydrogens (primary N) is 1. The van der Waals surface area contributed by atoms with Gasteiger partial charge in [0.25, 0.3) is 5.91 Å². The lowest BCUT2D eigenvalue weighted by Crippen LogP contribution is -2.63. The molecule has 3 heterocycles. The zero-order chi connectivity index (χ0) is 67.2. The Balaban J connectivity index is 1.36. The van der Waals surface area contributed by atoms with Crippen LogP contribution in [0.1, 0.15) is 145 Å². The minimum absolute atomic E-state index is 0.000197. The quantitative estimate of drug-likeness (QED) is 0.0241. The van der Waals surface area contributed by atoms with Crippen LogP contribution in [0, 0.1) is 30.6 Å². The largest absolute Gasteiger partial charge is 0.457 e. The van der Waals surface area contributed by atoms with Crippen molar-refractivity contribution in [2.24, 2.45) is 29.4 Å². The van der Waals surface area contributed by atoms with Gasteiger partial charge in [-0.05, 0) is 101 Å². The van der Waals surface area contributed by atoms with Crippen LogP contribution in [0.15, 0.2) is 54.1 Å². The number of primary amides is 1. The van der Waals surface area contributed by atoms with E-state index in [0.29, 0.717) is 60.1 Å². The number of allylic oxidation sites excluding steroid dienone is 3. The van der Waals surface area contributed by atoms with E-state index >= 15 is 13.2 Å². The second kappa shape index (κ2) is 33.2. The van der Waals surface area contributed by atoms with E-state index in [4.69, 9.17) is 36.3 Å². The number of fused-ring (bicyclic) bond motifs is 5. The number of anilines is 1. The Labute approximate surface area is 546 Å². The fourth-order valence-corrected chi connectivity index (χ4v) is 13.4. The standard InChI is InChI=1S/C64H86Br2ClF3N6O14/c1-35(2)45(30-43(77)18-13-11-12-14-20-49(78)42(33-65)34-66)57(81)73-47(19-16-24-72-60(71)84)50(79)29-40-22-23-44(46(27-40)64(68,69)70)58(82)75(8)39(6)59(83)89-53-31-54(80)76(9)48-28-41(26-37(4)55(48)67)25-36(3)17-15-21-52(87-10)63(86)32-51(88-61(85)74-63)38(5)56-62(53,7)90-56/h15,17,21-23,26-28,35,38-39,42,45,47,51-53,56,86H,11-14,16,18-20,24-25,29-34H2,1-10H3,(H,73,81)(H,74,85)(H3,71,72,84)/b21-15+,36-17+/t38-,39+,45+,47+,51+,52-,53+,56+,62+,63+/m1/s1. The van der Waals surface area contributed by atoms with E-state index in [1.807, 2.05) is 19.1 Å². The number of ketones is 3. The van der Waals surface area contributed by atoms with Crippen molar-refractivity contribution in [1.82, 2.24) is 20.9 Å². The minimum atomic E-state index is -5.18. The highest BCUT2D eigenvalue weighted by molar-refractivity contribution is 9.09. The first kappa shape index (κ1) is 75.0. The number of benzene rings is 2. The second-order valence-electron chi connectivity index (χ2n) is 24.4. The van der Waals surface area contributed by atoms with Crippen LogP contribution in [0.4, 0.5) is 28.4 Å². The number of unbranched alkanes of at least 4 members (excludes halogenated alkanes) is 3. The summed E-state index contributed by atoms with van der Waals surface area (Å²) in [4.78, 5) is 123. The number of esters is 1. The Kier molecular flexibility index (Phi) is 27.7. The molecule has 2 aromatic rings. The fourth-order valence-electron chi connectivity index (χ4n) is 11.3. The predicted octanol–water partition coefficient (Wildman–Crippen LogP) is 9.74. The lowest BCUT2D eigenvalue weighted by atomic mass is 9.83. The summed E-state index contributed by atoms with van der Waals surface area (Å²) in [5.74, 6) is -6.39. The van der Waals surface area contributed by atoms with E-state index in [1.54, 1.807) is 52.8 Å². The van der Waals surface area contributed by atoms with Gasteiger partial charge >= 0.3 is 24.3 Å². The van der Waals surface area contributed by atoms with E-state index in [1.165, 1.54) is 26.0 Å². The number of nitrogens with zero attached hydrogens (tertiary/aromatic N) is 2. The molecule has 4 bridgehead atoms. The summed E-state index contributed by atoms with van der Waals surface area (Å²) in [5.41, 5.74) is 1.95. The zero-order valence-electron chi connectivity index (χ0n) is 52.7. The number of aliphatic hydroxyl groups is 1. The Morgan fingerprint density at radius 3 is 2.28 bits per heavy atom. The molecular weight excluding hydrogens is 1330 g/mol. The molecule has 3 aliphatic heterocycles. The van der Waals surface area contributed by atoms with Gasteiger partial charge in [0.05, 0.1) is 40.4 Å². The van der Waals surface area contributed by atoms with Crippen LogP contribution in [0.2, 0.25) is 5.02 Å². The molecule has 20 nitrogen and oxygen atoms in total. The highest BCUT2D eigenvalue weighted by Gasteiger charge is 2.64. The molecular formula is C64H86Br2ClF3N6O14. The SMILES string of the molecule is CO[C@@H]1/C=C/C=C(\C)Cc2cc(C)c(Cl)c(c2)N(C)C(=O)C[C@H](OC(=O)[C@H](C)N(C)C(=O)c2ccc(CC(=O)[C@H](CCCNC(N)=O)NC(=O)[C@@H](CC(=O)CCCCCCC(=O)C(CBr)CBr)C(C)C)cc2C(F)(F)F)[C@]2(C)O[C@H]2[C@H](C)[C@@H]2C[C@@]1(O)NC(=O)O2. The Bertz CT molecular complexity index is 3020. The number of carbonyl (C=O) groups is 9. The number of hydrogen-bond acceptors (Lipinski definition) is 14. The first-order chi connectivity index (χ1) is 42.2. The molecule has 0 aromatic heterocycles. The molecule has 0 aliphatic carbocycles. The van der Waals surface area contributed by atoms with Gasteiger partial charge in [-0.15, -0.1) is 0 Å². The van der Waals surface area contributed by atoms with Gasteiger partial charge in [0.15, 0.2) is 11.5 Å². The summed E-state index contributed by atoms with van der Waals surface area (Å²) in [6.07, 6.45) is -3.17. The van der Waals surface area contributed by atoms with Crippen molar-refractivity contribution in [3.63, 3.8) is 0 Å². The molecule has 5 rings (SSSR count). The van der Waals surface area contributed by atoms with Crippen LogP contribution < -0.4 is 26.6 Å². The third-order valence-electron chi connectivity index (χ3n) is 17.2. The predicted molar refractivity (Wildman–Crippen MR) is 339 cm³/mol. The summed E-state index contributed by atoms with van der Waals surface area (Å²) >= 11 is 13.5. The van der Waals surface area contributed by atoms with Gasteiger partial charge in [0.2, 0.25) is 11.8 Å². The Hall–Kier alpha value is -5.73. The molecule has 6 amide bonds. The fraction of sp³-hybridized carbons (Fsp3) is 0.609. The number of nitrogens with one attached hydrogen (secondary N) is 3. The van der Waals surface area contributed by atoms with Crippen LogP contribution in [0.3, 0.4) is 0 Å². The van der Waals surface area contributed by atoms with Gasteiger partial charge in [0.1, 0.15) is 41.5 Å². The number of epoxide rings is 1. The van der Waals surface area contributed by atoms with Crippen molar-refractivity contribution >= 4 is 102 Å². The number of rotatable bonds is 27. The summed E-state index contributed by atoms with van der Waals surface area (Å²) < 4.78 is 69.2. The third kappa shape index (κ3) is 20.1. The molecule has 90 heavy (non-hydrogen) atoms. The molecule has 6 N–H and O–H groups in total. The molecule has 2 aromatic carbocycles. The highest BCUT2D eigenvalue weighted by atomic mass is 79.9. The summed E-state index contributed by atoms with van der Waals surface area (Å²) in [5, 5.41) is 20.9. The summed E-state index contributed by atoms with van der Waals surface area (Å²) in [6, 6.07) is 2.55. The molecule has 0 unspecified atom stereocenters. The second-order valence-corrected chi connectivity index (χ2v) is 26.1. The van der Waals surface area contributed by atoms with Gasteiger partial charge < -0.3 is 50.2 Å². The van der Waals surface area contributed by atoms with Crippen molar-refractivity contribution in [1.29, 1.82) is 0 Å². The van der Waals surface area contributed by atoms with E-state index in [-0.39, 0.29) is 72.6 Å². The number of carbonyl (C=O) groups excluding carboxylic acids is 9. The number of alkyl carbamates (subject to hydrolysis) is 1. The lowest BCUT2D eigenvalue weighted by molar-refractivity contribution is -0.158. The van der Waals surface area contributed by atoms with Gasteiger partial charge in [-0.25, -0.2) is 14.4 Å². The van der Waals surface area contributed by atoms with Crippen LogP contribution in [0.25, 0.3) is 0 Å². The first-order valence-electron chi connectivity index (χ1n) is 30.2. The van der Waals surface area contributed by atoms with Crippen LogP contribution >= 0.6 is 43.5 Å². The smallest absolute Gasteiger partial charge is 0.417 e. The van der Waals surface area contributed by atoms with Crippen molar-refractivity contribution in [3.05, 3.63) is 87.0 Å². The Morgan fingerprint density at radius 1 is 0.989 bits per heavy atom. The average Bonchev–Trinajstić information content (AvgIpc) is 1.56. The van der Waals surface area contributed by atoms with Crippen LogP contribution in [0.5, 0.6) is 0 Å². The number of Topliss-reactive ketones (excluding diaryl/α,β-unsaturated/α-hetero) is 3. The van der Waals surface area contributed by atoms with Gasteiger partial charge in [-0.1, -0.05) is 113 Å². The first-order valence-corrected chi connectivity index (χ1v) is 32.8. The summed E-state index contributed by atoms with van der Waals surface area (Å²) in [7, 11) is 3.96. The monoisotopic (exact) mass is 1410 g/mol. The maximum Gasteiger partial charge on any atom is 0.417 e. The molecule has 26 heteroatoms. The number of aryl methyl sites for hydroxylation is 1. The molecule has 0 radical (unpaired) electrons. The number of alkyl halides is 5. The Morgan fingerprint density at radius 2 is 1.66 bits per heavy atom. The number of likely N-dealkylation sites (N-methyl/N-ethyl adjacent to an activating group) is 1. The van der Waals surface area contributed by atoms with Gasteiger partial charge in [-0.2, -0.15) is 13.2 Å². The molecule has 2 fully saturated rings. The molecule has 2 saturated heterocycles. The number of methoxy groups -OCH3 is 1. The number of amides is 6.